The number of rotatable bonds is 4. The van der Waals surface area contributed by atoms with Crippen molar-refractivity contribution >= 4 is 5.70 Å². The van der Waals surface area contributed by atoms with Gasteiger partial charge >= 0.3 is 0 Å². The van der Waals surface area contributed by atoms with Crippen molar-refractivity contribution in [2.24, 2.45) is 0 Å². The zero-order valence-electron chi connectivity index (χ0n) is 15.7. The van der Waals surface area contributed by atoms with Gasteiger partial charge in [0, 0.05) is 24.4 Å². The van der Waals surface area contributed by atoms with E-state index >= 15 is 0 Å². The van der Waals surface area contributed by atoms with Gasteiger partial charge in [-0.3, -0.25) is 0 Å². The summed E-state index contributed by atoms with van der Waals surface area (Å²) in [6.45, 7) is 17.6. The number of benzene rings is 2. The third kappa shape index (κ3) is 3.00. The summed E-state index contributed by atoms with van der Waals surface area (Å²) in [6, 6.07) is 11.6. The molecule has 0 fully saturated rings. The first-order valence-electron chi connectivity index (χ1n) is 9.06. The molecular weight excluding hydrogens is 290 g/mol. The summed E-state index contributed by atoms with van der Waals surface area (Å²) in [7, 11) is 0. The van der Waals surface area contributed by atoms with E-state index in [1.165, 1.54) is 38.9 Å². The number of aryl methyl sites for hydroxylation is 3. The second kappa shape index (κ2) is 6.47. The minimum absolute atomic E-state index is 0.542. The lowest BCUT2D eigenvalue weighted by Crippen LogP contribution is -2.15. The highest BCUT2D eigenvalue weighted by Crippen LogP contribution is 2.33. The SMILES string of the molecule is C=C(c1cc(C(C)C)c(C)cc1C)N1Cc2ccc(CC)cc2C1. The zero-order valence-corrected chi connectivity index (χ0v) is 15.7. The topological polar surface area (TPSA) is 3.24 Å². The minimum atomic E-state index is 0.542. The molecule has 2 aromatic carbocycles. The summed E-state index contributed by atoms with van der Waals surface area (Å²) in [5, 5.41) is 0. The maximum Gasteiger partial charge on any atom is 0.0436 e. The molecule has 0 N–H and O–H groups in total. The highest BCUT2D eigenvalue weighted by molar-refractivity contribution is 5.67. The Hall–Kier alpha value is -2.02. The fourth-order valence-electron chi connectivity index (χ4n) is 3.83. The summed E-state index contributed by atoms with van der Waals surface area (Å²) in [6.07, 6.45) is 1.10. The number of fused-ring (bicyclic) bond motifs is 1. The van der Waals surface area contributed by atoms with Gasteiger partial charge in [-0.15, -0.1) is 0 Å². The van der Waals surface area contributed by atoms with E-state index in [0.717, 1.165) is 25.2 Å². The van der Waals surface area contributed by atoms with E-state index in [9.17, 15) is 0 Å². The van der Waals surface area contributed by atoms with E-state index in [0.29, 0.717) is 5.92 Å². The molecule has 0 saturated heterocycles. The minimum Gasteiger partial charge on any atom is -0.363 e. The van der Waals surface area contributed by atoms with Crippen molar-refractivity contribution in [2.75, 3.05) is 0 Å². The summed E-state index contributed by atoms with van der Waals surface area (Å²) in [4.78, 5) is 2.42. The molecule has 0 aromatic heterocycles. The van der Waals surface area contributed by atoms with Crippen LogP contribution in [0.2, 0.25) is 0 Å². The molecule has 0 radical (unpaired) electrons. The van der Waals surface area contributed by atoms with Crippen molar-refractivity contribution in [3.8, 4) is 0 Å². The predicted molar refractivity (Wildman–Crippen MR) is 104 cm³/mol. The molecule has 126 valence electrons. The third-order valence-corrected chi connectivity index (χ3v) is 5.33. The van der Waals surface area contributed by atoms with Gasteiger partial charge in [-0.2, -0.15) is 0 Å². The second-order valence-corrected chi connectivity index (χ2v) is 7.44. The molecule has 0 unspecified atom stereocenters. The van der Waals surface area contributed by atoms with Crippen molar-refractivity contribution in [3.63, 3.8) is 0 Å². The first-order valence-corrected chi connectivity index (χ1v) is 9.06. The summed E-state index contributed by atoms with van der Waals surface area (Å²) >= 11 is 0. The lowest BCUT2D eigenvalue weighted by Gasteiger charge is -2.24. The molecule has 0 atom stereocenters. The maximum absolute atomic E-state index is 4.45. The lowest BCUT2D eigenvalue weighted by atomic mass is 9.92. The maximum atomic E-state index is 4.45. The van der Waals surface area contributed by atoms with E-state index in [4.69, 9.17) is 0 Å². The van der Waals surface area contributed by atoms with Crippen molar-refractivity contribution in [3.05, 3.63) is 75.9 Å². The van der Waals surface area contributed by atoms with Crippen LogP contribution >= 0.6 is 0 Å². The van der Waals surface area contributed by atoms with Gasteiger partial charge in [0.05, 0.1) is 0 Å². The molecule has 0 saturated carbocycles. The molecule has 1 heterocycles. The van der Waals surface area contributed by atoms with Gasteiger partial charge < -0.3 is 4.90 Å². The Morgan fingerprint density at radius 2 is 1.75 bits per heavy atom. The molecule has 1 aliphatic heterocycles. The number of nitrogens with zero attached hydrogens (tertiary/aromatic N) is 1. The van der Waals surface area contributed by atoms with E-state index in [1.807, 2.05) is 0 Å². The van der Waals surface area contributed by atoms with Crippen LogP contribution in [0.3, 0.4) is 0 Å². The Labute approximate surface area is 147 Å². The van der Waals surface area contributed by atoms with Crippen molar-refractivity contribution in [1.82, 2.24) is 4.90 Å². The first-order chi connectivity index (χ1) is 11.4. The van der Waals surface area contributed by atoms with E-state index in [-0.39, 0.29) is 0 Å². The molecule has 0 aliphatic carbocycles. The average Bonchev–Trinajstić information content (AvgIpc) is 2.96. The normalized spacial score (nSPS) is 13.5. The lowest BCUT2D eigenvalue weighted by molar-refractivity contribution is 0.423. The van der Waals surface area contributed by atoms with E-state index in [1.54, 1.807) is 0 Å². The van der Waals surface area contributed by atoms with Crippen LogP contribution in [-0.2, 0) is 19.5 Å². The average molecular weight is 319 g/mol. The smallest absolute Gasteiger partial charge is 0.0436 e. The van der Waals surface area contributed by atoms with Crippen LogP contribution < -0.4 is 0 Å². The van der Waals surface area contributed by atoms with Crippen LogP contribution in [0.25, 0.3) is 5.70 Å². The Balaban J connectivity index is 1.90. The summed E-state index contributed by atoms with van der Waals surface area (Å²) < 4.78 is 0. The second-order valence-electron chi connectivity index (χ2n) is 7.44. The monoisotopic (exact) mass is 319 g/mol. The Morgan fingerprint density at radius 3 is 2.42 bits per heavy atom. The van der Waals surface area contributed by atoms with Gasteiger partial charge in [0.15, 0.2) is 0 Å². The number of hydrogen-bond acceptors (Lipinski definition) is 1. The molecule has 24 heavy (non-hydrogen) atoms. The fourth-order valence-corrected chi connectivity index (χ4v) is 3.83. The fraction of sp³-hybridized carbons (Fsp3) is 0.391. The van der Waals surface area contributed by atoms with Gasteiger partial charge in [0.25, 0.3) is 0 Å². The Bertz CT molecular complexity index is 783. The summed E-state index contributed by atoms with van der Waals surface area (Å²) in [5.74, 6) is 0.542. The Morgan fingerprint density at radius 1 is 1.04 bits per heavy atom. The van der Waals surface area contributed by atoms with Gasteiger partial charge in [-0.05, 0) is 65.6 Å². The standard InChI is InChI=1S/C23H29N/c1-7-19-8-9-20-13-24(14-21(20)11-19)18(6)23-12-22(15(2)3)16(4)10-17(23)5/h8-12,15H,6-7,13-14H2,1-5H3. The van der Waals surface area contributed by atoms with Crippen LogP contribution in [0, 0.1) is 13.8 Å². The Kier molecular flexibility index (Phi) is 4.54. The van der Waals surface area contributed by atoms with E-state index in [2.05, 4.69) is 76.4 Å². The molecule has 1 heteroatoms. The van der Waals surface area contributed by atoms with Crippen LogP contribution in [0.4, 0.5) is 0 Å². The van der Waals surface area contributed by atoms with Crippen LogP contribution in [0.1, 0.15) is 65.6 Å². The number of hydrogen-bond donors (Lipinski definition) is 0. The molecule has 0 bridgehead atoms. The molecule has 0 spiro atoms. The highest BCUT2D eigenvalue weighted by Gasteiger charge is 2.22. The molecule has 3 rings (SSSR count). The molecule has 1 nitrogen and oxygen atoms in total. The first kappa shape index (κ1) is 16.8. The third-order valence-electron chi connectivity index (χ3n) is 5.33. The van der Waals surface area contributed by atoms with Crippen LogP contribution in [0.15, 0.2) is 36.9 Å². The van der Waals surface area contributed by atoms with Crippen molar-refractivity contribution < 1.29 is 0 Å². The highest BCUT2D eigenvalue weighted by atomic mass is 15.1. The summed E-state index contributed by atoms with van der Waals surface area (Å²) in [5.41, 5.74) is 10.9. The van der Waals surface area contributed by atoms with Gasteiger partial charge in [0.1, 0.15) is 0 Å². The van der Waals surface area contributed by atoms with Gasteiger partial charge in [0.2, 0.25) is 0 Å². The van der Waals surface area contributed by atoms with Crippen LogP contribution in [-0.4, -0.2) is 4.90 Å². The molecule has 0 amide bonds. The van der Waals surface area contributed by atoms with Crippen LogP contribution in [0.5, 0.6) is 0 Å². The molecular formula is C23H29N. The largest absolute Gasteiger partial charge is 0.363 e. The predicted octanol–water partition coefficient (Wildman–Crippen LogP) is 5.98. The van der Waals surface area contributed by atoms with E-state index < -0.39 is 0 Å². The van der Waals surface area contributed by atoms with Gasteiger partial charge in [-0.1, -0.05) is 51.6 Å². The molecule has 1 aliphatic rings. The van der Waals surface area contributed by atoms with Crippen molar-refractivity contribution in [1.29, 1.82) is 0 Å². The zero-order chi connectivity index (χ0) is 17.4. The van der Waals surface area contributed by atoms with Crippen molar-refractivity contribution in [2.45, 2.75) is 60.0 Å². The van der Waals surface area contributed by atoms with Gasteiger partial charge in [-0.25, -0.2) is 0 Å². The quantitative estimate of drug-likeness (QED) is 0.670. The molecule has 2 aromatic rings.